The average molecular weight is 510 g/mol. The predicted molar refractivity (Wildman–Crippen MR) is 138 cm³/mol. The highest BCUT2D eigenvalue weighted by molar-refractivity contribution is 5.39. The smallest absolute Gasteiger partial charge is 0.225 e. The molecule has 2 aliphatic rings. The van der Waals surface area contributed by atoms with Crippen molar-refractivity contribution < 1.29 is 13.5 Å². The highest BCUT2D eigenvalue weighted by Gasteiger charge is 2.34. The van der Waals surface area contributed by atoms with Crippen LogP contribution in [-0.2, 0) is 6.42 Å². The van der Waals surface area contributed by atoms with Gasteiger partial charge in [-0.1, -0.05) is 6.92 Å². The highest BCUT2D eigenvalue weighted by Crippen LogP contribution is 2.31. The summed E-state index contributed by atoms with van der Waals surface area (Å²) in [6.45, 7) is 6.84. The van der Waals surface area contributed by atoms with Gasteiger partial charge in [-0.25, -0.2) is 28.7 Å². The summed E-state index contributed by atoms with van der Waals surface area (Å²) in [5, 5.41) is 0. The molecule has 10 heteroatoms. The van der Waals surface area contributed by atoms with Crippen LogP contribution >= 0.6 is 0 Å². The lowest BCUT2D eigenvalue weighted by Crippen LogP contribution is -2.39. The van der Waals surface area contributed by atoms with Crippen LogP contribution in [0.2, 0.25) is 0 Å². The number of hydrogen-bond acceptors (Lipinski definition) is 8. The summed E-state index contributed by atoms with van der Waals surface area (Å²) in [5.41, 5.74) is 7.71. The summed E-state index contributed by atoms with van der Waals surface area (Å²) < 4.78 is 34.2. The quantitative estimate of drug-likeness (QED) is 0.515. The molecule has 0 bridgehead atoms. The van der Waals surface area contributed by atoms with Crippen molar-refractivity contribution in [3.63, 3.8) is 0 Å². The molecule has 37 heavy (non-hydrogen) atoms. The van der Waals surface area contributed by atoms with E-state index in [1.165, 1.54) is 6.07 Å². The van der Waals surface area contributed by atoms with Crippen molar-refractivity contribution in [3.8, 4) is 5.75 Å². The molecule has 2 aliphatic heterocycles. The number of aryl methyl sites for hydroxylation is 1. The van der Waals surface area contributed by atoms with Crippen LogP contribution in [0.25, 0.3) is 0 Å². The maximum Gasteiger partial charge on any atom is 0.225 e. The van der Waals surface area contributed by atoms with Crippen LogP contribution < -0.4 is 20.3 Å². The van der Waals surface area contributed by atoms with Crippen LogP contribution in [0.1, 0.15) is 43.7 Å². The zero-order chi connectivity index (χ0) is 25.9. The van der Waals surface area contributed by atoms with Gasteiger partial charge in [0.1, 0.15) is 11.6 Å². The van der Waals surface area contributed by atoms with Crippen LogP contribution in [0.3, 0.4) is 0 Å². The summed E-state index contributed by atoms with van der Waals surface area (Å²) in [5.74, 6) is 1.04. The van der Waals surface area contributed by atoms with Crippen LogP contribution in [0.15, 0.2) is 43.0 Å². The SMILES string of the molecule is CCc1cnc(N2CCC(C(C)Oc3cnc(N4CC(N)C(c5cc(F)ccc5F)C4)nc3)CC2)nc1. The third kappa shape index (κ3) is 5.64. The van der Waals surface area contributed by atoms with E-state index in [9.17, 15) is 8.78 Å². The Labute approximate surface area is 215 Å². The monoisotopic (exact) mass is 509 g/mol. The van der Waals surface area contributed by atoms with Gasteiger partial charge >= 0.3 is 0 Å². The second kappa shape index (κ2) is 10.9. The van der Waals surface area contributed by atoms with Gasteiger partial charge in [-0.05, 0) is 61.4 Å². The van der Waals surface area contributed by atoms with Crippen molar-refractivity contribution in [2.45, 2.75) is 51.2 Å². The van der Waals surface area contributed by atoms with Crippen molar-refractivity contribution in [2.75, 3.05) is 36.0 Å². The number of aromatic nitrogens is 4. The number of ether oxygens (including phenoxy) is 1. The van der Waals surface area contributed by atoms with Crippen molar-refractivity contribution in [3.05, 3.63) is 65.7 Å². The summed E-state index contributed by atoms with van der Waals surface area (Å²) in [4.78, 5) is 22.1. The molecule has 2 fully saturated rings. The zero-order valence-electron chi connectivity index (χ0n) is 21.2. The summed E-state index contributed by atoms with van der Waals surface area (Å²) in [7, 11) is 0. The molecule has 3 unspecified atom stereocenters. The minimum atomic E-state index is -0.474. The molecule has 8 nitrogen and oxygen atoms in total. The number of rotatable bonds is 7. The molecule has 1 aromatic carbocycles. The van der Waals surface area contributed by atoms with Crippen LogP contribution in [0.4, 0.5) is 20.7 Å². The molecule has 0 amide bonds. The molecular weight excluding hydrogens is 476 g/mol. The second-order valence-corrected chi connectivity index (χ2v) is 9.95. The first kappa shape index (κ1) is 25.3. The first-order chi connectivity index (χ1) is 17.9. The Morgan fingerprint density at radius 3 is 2.30 bits per heavy atom. The molecule has 5 rings (SSSR count). The van der Waals surface area contributed by atoms with Gasteiger partial charge in [0.2, 0.25) is 11.9 Å². The van der Waals surface area contributed by atoms with Crippen LogP contribution in [0, 0.1) is 17.6 Å². The molecule has 2 aromatic heterocycles. The van der Waals surface area contributed by atoms with Gasteiger partial charge < -0.3 is 20.3 Å². The van der Waals surface area contributed by atoms with Gasteiger partial charge in [0, 0.05) is 50.5 Å². The molecule has 2 N–H and O–H groups in total. The lowest BCUT2D eigenvalue weighted by molar-refractivity contribution is 0.132. The summed E-state index contributed by atoms with van der Waals surface area (Å²) >= 11 is 0. The fourth-order valence-electron chi connectivity index (χ4n) is 5.23. The minimum absolute atomic E-state index is 0.0144. The second-order valence-electron chi connectivity index (χ2n) is 9.95. The topological polar surface area (TPSA) is 93.3 Å². The van der Waals surface area contributed by atoms with Gasteiger partial charge in [-0.15, -0.1) is 0 Å². The van der Waals surface area contributed by atoms with E-state index in [0.717, 1.165) is 56.0 Å². The number of benzene rings is 1. The van der Waals surface area contributed by atoms with Gasteiger partial charge in [-0.2, -0.15) is 0 Å². The molecule has 196 valence electrons. The van der Waals surface area contributed by atoms with Crippen LogP contribution in [-0.4, -0.2) is 58.3 Å². The third-order valence-electron chi connectivity index (χ3n) is 7.53. The summed E-state index contributed by atoms with van der Waals surface area (Å²) in [6.07, 6.45) is 10.1. The standard InChI is InChI=1S/C27H33F2N7O/c1-3-18-11-31-26(32-12-18)35-8-6-19(7-9-35)17(2)37-21-13-33-27(34-14-21)36-15-23(25(30)16-36)22-10-20(28)4-5-24(22)29/h4-5,10-14,17,19,23,25H,3,6-9,15-16,30H2,1-2H3. The van der Waals surface area contributed by atoms with Crippen molar-refractivity contribution >= 4 is 11.9 Å². The molecule has 0 spiro atoms. The van der Waals surface area contributed by atoms with E-state index in [0.29, 0.717) is 36.3 Å². The van der Waals surface area contributed by atoms with Gasteiger partial charge in [0.25, 0.3) is 0 Å². The van der Waals surface area contributed by atoms with Crippen molar-refractivity contribution in [1.82, 2.24) is 19.9 Å². The number of nitrogens with zero attached hydrogens (tertiary/aromatic N) is 6. The minimum Gasteiger partial charge on any atom is -0.487 e. The third-order valence-corrected chi connectivity index (χ3v) is 7.53. The predicted octanol–water partition coefficient (Wildman–Crippen LogP) is 3.72. The van der Waals surface area contributed by atoms with E-state index in [2.05, 4.69) is 38.7 Å². The maximum absolute atomic E-state index is 14.3. The van der Waals surface area contributed by atoms with Gasteiger partial charge in [0.05, 0.1) is 18.5 Å². The number of hydrogen-bond donors (Lipinski definition) is 1. The van der Waals surface area contributed by atoms with Gasteiger partial charge in [-0.3, -0.25) is 0 Å². The summed E-state index contributed by atoms with van der Waals surface area (Å²) in [6, 6.07) is 3.13. The number of halogens is 2. The molecule has 0 aliphatic carbocycles. The molecule has 3 aromatic rings. The van der Waals surface area contributed by atoms with Gasteiger partial charge in [0.15, 0.2) is 5.75 Å². The lowest BCUT2D eigenvalue weighted by Gasteiger charge is -2.34. The van der Waals surface area contributed by atoms with E-state index in [1.54, 1.807) is 12.4 Å². The fraction of sp³-hybridized carbons (Fsp3) is 0.481. The van der Waals surface area contributed by atoms with E-state index < -0.39 is 11.6 Å². The van der Waals surface area contributed by atoms with Crippen LogP contribution in [0.5, 0.6) is 5.75 Å². The first-order valence-electron chi connectivity index (χ1n) is 12.9. The zero-order valence-corrected chi connectivity index (χ0v) is 21.2. The molecule has 4 heterocycles. The molecule has 0 saturated carbocycles. The number of anilines is 2. The first-order valence-corrected chi connectivity index (χ1v) is 12.9. The van der Waals surface area contributed by atoms with E-state index in [4.69, 9.17) is 10.5 Å². The van der Waals surface area contributed by atoms with E-state index in [-0.39, 0.29) is 18.1 Å². The lowest BCUT2D eigenvalue weighted by atomic mass is 9.92. The number of piperidine rings is 1. The number of nitrogens with two attached hydrogens (primary N) is 1. The molecule has 2 saturated heterocycles. The Morgan fingerprint density at radius 1 is 0.973 bits per heavy atom. The molecular formula is C27H33F2N7O. The molecule has 0 radical (unpaired) electrons. The molecule has 3 atom stereocenters. The largest absolute Gasteiger partial charge is 0.487 e. The average Bonchev–Trinajstić information content (AvgIpc) is 3.31. The highest BCUT2D eigenvalue weighted by atomic mass is 19.1. The fourth-order valence-corrected chi connectivity index (χ4v) is 5.23. The Hall–Kier alpha value is -3.40. The van der Waals surface area contributed by atoms with E-state index >= 15 is 0 Å². The Bertz CT molecular complexity index is 1190. The van der Waals surface area contributed by atoms with Crippen molar-refractivity contribution in [1.29, 1.82) is 0 Å². The Morgan fingerprint density at radius 2 is 1.62 bits per heavy atom. The maximum atomic E-state index is 14.3. The Balaban J connectivity index is 1.15. The Kier molecular flexibility index (Phi) is 7.45. The van der Waals surface area contributed by atoms with E-state index in [1.807, 2.05) is 17.3 Å². The normalized spacial score (nSPS) is 21.3. The van der Waals surface area contributed by atoms with Crippen molar-refractivity contribution in [2.24, 2.45) is 11.7 Å².